The van der Waals surface area contributed by atoms with E-state index in [-0.39, 0.29) is 12.4 Å². The lowest BCUT2D eigenvalue weighted by Gasteiger charge is -2.12. The summed E-state index contributed by atoms with van der Waals surface area (Å²) in [6, 6.07) is 5.32. The van der Waals surface area contributed by atoms with Gasteiger partial charge in [-0.3, -0.25) is 10.2 Å². The number of aryl methyl sites for hydroxylation is 2. The number of nitrogens with one attached hydrogen (secondary N) is 1. The average Bonchev–Trinajstić information content (AvgIpc) is 2.85. The van der Waals surface area contributed by atoms with E-state index in [1.165, 1.54) is 6.26 Å². The second-order valence-corrected chi connectivity index (χ2v) is 4.84. The molecular weight excluding hydrogens is 280 g/mol. The quantitative estimate of drug-likeness (QED) is 0.516. The van der Waals surface area contributed by atoms with E-state index < -0.39 is 5.91 Å². The van der Waals surface area contributed by atoms with Gasteiger partial charge in [0.1, 0.15) is 12.4 Å². The van der Waals surface area contributed by atoms with Crippen molar-refractivity contribution in [1.82, 2.24) is 5.43 Å². The number of hydrogen-bond donors (Lipinski definition) is 2. The van der Waals surface area contributed by atoms with Crippen LogP contribution in [0.2, 0.25) is 5.02 Å². The van der Waals surface area contributed by atoms with E-state index in [1.807, 2.05) is 31.4 Å². The van der Waals surface area contributed by atoms with Crippen LogP contribution in [0.5, 0.6) is 5.75 Å². The van der Waals surface area contributed by atoms with Gasteiger partial charge in [-0.2, -0.15) is 0 Å². The highest BCUT2D eigenvalue weighted by Crippen LogP contribution is 2.28. The van der Waals surface area contributed by atoms with Gasteiger partial charge in [-0.05, 0) is 43.2 Å². The zero-order valence-electron chi connectivity index (χ0n) is 11.2. The van der Waals surface area contributed by atoms with Crippen LogP contribution in [0.4, 0.5) is 0 Å². The van der Waals surface area contributed by atoms with Gasteiger partial charge in [-0.1, -0.05) is 11.6 Å². The first kappa shape index (κ1) is 14.4. The lowest BCUT2D eigenvalue weighted by Crippen LogP contribution is -2.30. The van der Waals surface area contributed by atoms with Gasteiger partial charge < -0.3 is 9.15 Å². The Morgan fingerprint density at radius 1 is 1.40 bits per heavy atom. The summed E-state index contributed by atoms with van der Waals surface area (Å²) in [5.41, 5.74) is 4.52. The monoisotopic (exact) mass is 294 g/mol. The Hall–Kier alpha value is -1.98. The molecule has 0 radical (unpaired) electrons. The van der Waals surface area contributed by atoms with Gasteiger partial charge in [0.2, 0.25) is 0 Å². The molecule has 0 aliphatic rings. The lowest BCUT2D eigenvalue weighted by atomic mass is 10.1. The number of rotatable bonds is 4. The molecule has 20 heavy (non-hydrogen) atoms. The summed E-state index contributed by atoms with van der Waals surface area (Å²) < 4.78 is 10.9. The van der Waals surface area contributed by atoms with E-state index in [1.54, 1.807) is 6.07 Å². The van der Waals surface area contributed by atoms with Crippen molar-refractivity contribution in [2.24, 2.45) is 5.84 Å². The fourth-order valence-electron chi connectivity index (χ4n) is 1.99. The van der Waals surface area contributed by atoms with Gasteiger partial charge in [-0.25, -0.2) is 5.84 Å². The molecule has 0 aliphatic heterocycles. The fraction of sp³-hybridized carbons (Fsp3) is 0.214. The number of nitrogens with two attached hydrogens (primary N) is 1. The van der Waals surface area contributed by atoms with E-state index in [0.717, 1.165) is 16.9 Å². The van der Waals surface area contributed by atoms with Crippen molar-refractivity contribution in [2.75, 3.05) is 0 Å². The van der Waals surface area contributed by atoms with Crippen LogP contribution in [0.1, 0.15) is 27.2 Å². The number of amides is 1. The number of furan rings is 1. The van der Waals surface area contributed by atoms with Crippen molar-refractivity contribution in [2.45, 2.75) is 20.5 Å². The highest BCUT2D eigenvalue weighted by Gasteiger charge is 2.15. The number of hydrazine groups is 1. The van der Waals surface area contributed by atoms with Crippen LogP contribution >= 0.6 is 11.6 Å². The molecule has 1 amide bonds. The molecule has 2 aromatic rings. The van der Waals surface area contributed by atoms with Gasteiger partial charge in [0.05, 0.1) is 6.26 Å². The third kappa shape index (κ3) is 2.95. The molecular formula is C14H15ClN2O3. The van der Waals surface area contributed by atoms with Crippen molar-refractivity contribution >= 4 is 17.5 Å². The molecule has 1 aromatic carbocycles. The summed E-state index contributed by atoms with van der Waals surface area (Å²) >= 11 is 5.97. The zero-order chi connectivity index (χ0) is 14.7. The number of halogens is 1. The molecule has 0 fully saturated rings. The van der Waals surface area contributed by atoms with Crippen molar-refractivity contribution < 1.29 is 13.9 Å². The molecule has 5 nitrogen and oxygen atoms in total. The first-order valence-electron chi connectivity index (χ1n) is 5.99. The number of ether oxygens (including phenoxy) is 1. The van der Waals surface area contributed by atoms with E-state index >= 15 is 0 Å². The van der Waals surface area contributed by atoms with E-state index in [4.69, 9.17) is 26.6 Å². The van der Waals surface area contributed by atoms with E-state index in [9.17, 15) is 4.79 Å². The maximum Gasteiger partial charge on any atom is 0.301 e. The minimum absolute atomic E-state index is 0.150. The molecule has 0 atom stereocenters. The van der Waals surface area contributed by atoms with Crippen LogP contribution in [-0.2, 0) is 6.61 Å². The molecule has 0 bridgehead atoms. The predicted octanol–water partition coefficient (Wildman–Crippen LogP) is 2.73. The summed E-state index contributed by atoms with van der Waals surface area (Å²) in [5.74, 6) is 5.50. The van der Waals surface area contributed by atoms with Gasteiger partial charge in [0.25, 0.3) is 0 Å². The van der Waals surface area contributed by atoms with Crippen LogP contribution in [0.25, 0.3) is 0 Å². The van der Waals surface area contributed by atoms with Crippen LogP contribution < -0.4 is 16.0 Å². The van der Waals surface area contributed by atoms with Crippen LogP contribution in [0.15, 0.2) is 28.9 Å². The lowest BCUT2D eigenvalue weighted by molar-refractivity contribution is 0.0922. The number of carbonyl (C=O) groups excluding carboxylic acids is 1. The normalized spacial score (nSPS) is 10.4. The number of nitrogen functional groups attached to an aromatic ring is 1. The van der Waals surface area contributed by atoms with Gasteiger partial charge >= 0.3 is 5.91 Å². The maximum absolute atomic E-state index is 11.5. The molecule has 1 aromatic heterocycles. The third-order valence-corrected chi connectivity index (χ3v) is 3.10. The van der Waals surface area contributed by atoms with Crippen molar-refractivity contribution in [1.29, 1.82) is 0 Å². The van der Waals surface area contributed by atoms with Crippen LogP contribution in [-0.4, -0.2) is 5.91 Å². The van der Waals surface area contributed by atoms with Crippen molar-refractivity contribution in [3.8, 4) is 5.75 Å². The van der Waals surface area contributed by atoms with E-state index in [0.29, 0.717) is 10.6 Å². The Labute approximate surface area is 121 Å². The molecule has 2 rings (SSSR count). The molecule has 6 heteroatoms. The molecule has 0 saturated heterocycles. The summed E-state index contributed by atoms with van der Waals surface area (Å²) in [6.45, 7) is 4.04. The van der Waals surface area contributed by atoms with Gasteiger partial charge in [-0.15, -0.1) is 0 Å². The second-order valence-electron chi connectivity index (χ2n) is 4.41. The minimum atomic E-state index is -0.488. The molecule has 0 unspecified atom stereocenters. The Kier molecular flexibility index (Phi) is 4.32. The molecule has 0 saturated carbocycles. The standard InChI is InChI=1S/C14H15ClN2O3/c1-8-5-11(15)6-9(2)12(8)20-7-10-3-4-19-13(10)14(18)17-16/h3-6H,7,16H2,1-2H3,(H,17,18). The largest absolute Gasteiger partial charge is 0.488 e. The molecule has 1 heterocycles. The minimum Gasteiger partial charge on any atom is -0.488 e. The summed E-state index contributed by atoms with van der Waals surface area (Å²) in [7, 11) is 0. The molecule has 106 valence electrons. The molecule has 0 aliphatic carbocycles. The first-order valence-corrected chi connectivity index (χ1v) is 6.37. The Morgan fingerprint density at radius 2 is 2.05 bits per heavy atom. The summed E-state index contributed by atoms with van der Waals surface area (Å²) in [5, 5.41) is 0.666. The highest BCUT2D eigenvalue weighted by molar-refractivity contribution is 6.30. The Bertz CT molecular complexity index is 614. The summed E-state index contributed by atoms with van der Waals surface area (Å²) in [6.07, 6.45) is 1.42. The van der Waals surface area contributed by atoms with Crippen LogP contribution in [0, 0.1) is 13.8 Å². The smallest absolute Gasteiger partial charge is 0.301 e. The zero-order valence-corrected chi connectivity index (χ0v) is 12.0. The highest BCUT2D eigenvalue weighted by atomic mass is 35.5. The fourth-order valence-corrected chi connectivity index (χ4v) is 2.32. The van der Waals surface area contributed by atoms with Crippen LogP contribution in [0.3, 0.4) is 0 Å². The average molecular weight is 295 g/mol. The van der Waals surface area contributed by atoms with Crippen molar-refractivity contribution in [3.63, 3.8) is 0 Å². The SMILES string of the molecule is Cc1cc(Cl)cc(C)c1OCc1ccoc1C(=O)NN. The number of carbonyl (C=O) groups is 1. The van der Waals surface area contributed by atoms with Gasteiger partial charge in [0, 0.05) is 10.6 Å². The predicted molar refractivity (Wildman–Crippen MR) is 75.6 cm³/mol. The van der Waals surface area contributed by atoms with Crippen molar-refractivity contribution in [3.05, 3.63) is 51.9 Å². The van der Waals surface area contributed by atoms with E-state index in [2.05, 4.69) is 0 Å². The summed E-state index contributed by atoms with van der Waals surface area (Å²) in [4.78, 5) is 11.5. The first-order chi connectivity index (χ1) is 9.52. The third-order valence-electron chi connectivity index (χ3n) is 2.88. The molecule has 3 N–H and O–H groups in total. The Balaban J connectivity index is 2.18. The maximum atomic E-state index is 11.5. The topological polar surface area (TPSA) is 77.5 Å². The molecule has 0 spiro atoms. The number of hydrogen-bond acceptors (Lipinski definition) is 4. The number of benzene rings is 1. The Morgan fingerprint density at radius 3 is 2.65 bits per heavy atom. The second kappa shape index (κ2) is 5.98. The van der Waals surface area contributed by atoms with Gasteiger partial charge in [0.15, 0.2) is 5.76 Å².